The van der Waals surface area contributed by atoms with Crippen molar-refractivity contribution in [2.24, 2.45) is 5.10 Å². The largest absolute Gasteiger partial charge is 0.476 e. The monoisotopic (exact) mass is 683 g/mol. The van der Waals surface area contributed by atoms with E-state index < -0.39 is 11.9 Å². The molecule has 0 fully saturated rings. The number of carboxylic acids is 1. The smallest absolute Gasteiger partial charge is 0.357 e. The lowest BCUT2D eigenvalue weighted by Gasteiger charge is -2.31. The van der Waals surface area contributed by atoms with E-state index in [2.05, 4.69) is 83.7 Å². The SMILES string of the molecule is Cc1ccc(N2CCCc3cc(-c4ccc(-c5ccc(-c6ccc(C=C7C(=O)N(c8ccccc8)N=C7C(=O)O)s6)s5)s4)ccc32)cc1. The van der Waals surface area contributed by atoms with Crippen molar-refractivity contribution in [1.29, 1.82) is 0 Å². The number of benzene rings is 3. The summed E-state index contributed by atoms with van der Waals surface area (Å²) in [7, 11) is 0. The van der Waals surface area contributed by atoms with Crippen molar-refractivity contribution >= 4 is 74.7 Å². The summed E-state index contributed by atoms with van der Waals surface area (Å²) in [5, 5.41) is 15.0. The van der Waals surface area contributed by atoms with Gasteiger partial charge in [0.25, 0.3) is 5.91 Å². The summed E-state index contributed by atoms with van der Waals surface area (Å²) in [6, 6.07) is 37.2. The maximum Gasteiger partial charge on any atom is 0.357 e. The van der Waals surface area contributed by atoms with Crippen molar-refractivity contribution in [1.82, 2.24) is 0 Å². The standard InChI is InChI=1S/C39H29N3O3S3/c1-24-9-12-27(13-10-24)41-21-5-6-25-22-26(11-15-31(25)41)32-17-18-35(47-32)36-20-19-34(48-36)33-16-14-29(46-33)23-30-37(39(44)45)40-42(38(30)43)28-7-3-2-4-8-28/h2-4,7-20,22-23H,5-6,21H2,1H3,(H,44,45). The molecular formula is C39H29N3O3S3. The van der Waals surface area contributed by atoms with E-state index in [4.69, 9.17) is 0 Å². The third-order valence-electron chi connectivity index (χ3n) is 8.52. The molecule has 0 saturated carbocycles. The third kappa shape index (κ3) is 5.70. The Kier molecular flexibility index (Phi) is 7.88. The van der Waals surface area contributed by atoms with E-state index >= 15 is 0 Å². The third-order valence-corrected chi connectivity index (χ3v) is 12.2. The molecule has 6 aromatic rings. The van der Waals surface area contributed by atoms with Crippen LogP contribution in [0.1, 0.15) is 22.4 Å². The Morgan fingerprint density at radius 3 is 2.17 bits per heavy atom. The number of carboxylic acid groups (broad SMARTS) is 1. The number of amides is 1. The van der Waals surface area contributed by atoms with Gasteiger partial charge < -0.3 is 10.0 Å². The highest BCUT2D eigenvalue weighted by Gasteiger charge is 2.35. The van der Waals surface area contributed by atoms with Gasteiger partial charge in [-0.05, 0) is 110 Å². The Hall–Kier alpha value is -5.09. The van der Waals surface area contributed by atoms with Gasteiger partial charge in [-0.25, -0.2) is 4.79 Å². The van der Waals surface area contributed by atoms with Gasteiger partial charge in [-0.15, -0.1) is 34.0 Å². The van der Waals surface area contributed by atoms with Crippen LogP contribution >= 0.6 is 34.0 Å². The molecule has 0 aliphatic carbocycles. The van der Waals surface area contributed by atoms with Crippen molar-refractivity contribution in [3.63, 3.8) is 0 Å². The second kappa shape index (κ2) is 12.5. The zero-order valence-corrected chi connectivity index (χ0v) is 28.4. The van der Waals surface area contributed by atoms with Crippen LogP contribution in [0, 0.1) is 6.92 Å². The molecule has 2 aliphatic heterocycles. The van der Waals surface area contributed by atoms with E-state index in [9.17, 15) is 14.7 Å². The number of hydrazone groups is 1. The lowest BCUT2D eigenvalue weighted by atomic mass is 9.98. The summed E-state index contributed by atoms with van der Waals surface area (Å²) in [5.74, 6) is -1.69. The van der Waals surface area contributed by atoms with E-state index in [0.717, 1.165) is 39.0 Å². The number of rotatable bonds is 7. The minimum atomic E-state index is -1.23. The molecule has 0 bridgehead atoms. The summed E-state index contributed by atoms with van der Waals surface area (Å²) in [5.41, 5.74) is 6.81. The number of fused-ring (bicyclic) bond motifs is 1. The van der Waals surface area contributed by atoms with Crippen LogP contribution in [-0.4, -0.2) is 29.2 Å². The van der Waals surface area contributed by atoms with Gasteiger partial charge in [0.2, 0.25) is 0 Å². The molecule has 5 heterocycles. The Morgan fingerprint density at radius 1 is 0.771 bits per heavy atom. The van der Waals surface area contributed by atoms with Crippen molar-refractivity contribution in [2.75, 3.05) is 16.5 Å². The van der Waals surface area contributed by atoms with E-state index in [-0.39, 0.29) is 11.3 Å². The van der Waals surface area contributed by atoms with Gasteiger partial charge in [0.05, 0.1) is 11.3 Å². The molecule has 0 saturated heterocycles. The molecule has 6 nitrogen and oxygen atoms in total. The van der Waals surface area contributed by atoms with E-state index in [1.54, 1.807) is 53.0 Å². The van der Waals surface area contributed by atoms with Crippen LogP contribution in [0.5, 0.6) is 0 Å². The number of anilines is 3. The number of carbonyl (C=O) groups is 2. The quantitative estimate of drug-likeness (QED) is 0.170. The molecule has 0 unspecified atom stereocenters. The molecule has 1 amide bonds. The van der Waals surface area contributed by atoms with Gasteiger partial charge in [-0.3, -0.25) is 4.79 Å². The zero-order valence-electron chi connectivity index (χ0n) is 25.9. The maximum absolute atomic E-state index is 13.2. The van der Waals surface area contributed by atoms with Crippen LogP contribution in [0.4, 0.5) is 17.1 Å². The highest BCUT2D eigenvalue weighted by atomic mass is 32.1. The van der Waals surface area contributed by atoms with Crippen molar-refractivity contribution in [3.8, 4) is 29.9 Å². The van der Waals surface area contributed by atoms with E-state index in [1.165, 1.54) is 54.0 Å². The molecule has 3 aromatic heterocycles. The summed E-state index contributed by atoms with van der Waals surface area (Å²) >= 11 is 5.06. The summed E-state index contributed by atoms with van der Waals surface area (Å²) < 4.78 is 0. The lowest BCUT2D eigenvalue weighted by molar-refractivity contribution is -0.129. The fraction of sp³-hybridized carbons (Fsp3) is 0.103. The summed E-state index contributed by atoms with van der Waals surface area (Å²) in [4.78, 5) is 34.3. The topological polar surface area (TPSA) is 73.2 Å². The number of hydrogen-bond acceptors (Lipinski definition) is 7. The van der Waals surface area contributed by atoms with Gasteiger partial charge >= 0.3 is 5.97 Å². The maximum atomic E-state index is 13.2. The molecule has 48 heavy (non-hydrogen) atoms. The fourth-order valence-electron chi connectivity index (χ4n) is 6.12. The Morgan fingerprint density at radius 2 is 1.44 bits per heavy atom. The molecule has 2 aliphatic rings. The van der Waals surface area contributed by atoms with Crippen molar-refractivity contribution in [3.05, 3.63) is 131 Å². The normalized spacial score (nSPS) is 15.2. The number of aryl methyl sites for hydroxylation is 2. The number of nitrogens with zero attached hydrogens (tertiary/aromatic N) is 3. The van der Waals surface area contributed by atoms with Crippen LogP contribution in [0.15, 0.2) is 120 Å². The second-order valence-electron chi connectivity index (χ2n) is 11.7. The first kappa shape index (κ1) is 30.3. The minimum absolute atomic E-state index is 0.0720. The van der Waals surface area contributed by atoms with Crippen LogP contribution in [-0.2, 0) is 16.0 Å². The summed E-state index contributed by atoms with van der Waals surface area (Å²) in [6.07, 6.45) is 3.85. The van der Waals surface area contributed by atoms with Gasteiger partial charge in [0.1, 0.15) is 0 Å². The van der Waals surface area contributed by atoms with Crippen molar-refractivity contribution < 1.29 is 14.7 Å². The van der Waals surface area contributed by atoms with Gasteiger partial charge in [-0.1, -0.05) is 42.0 Å². The second-order valence-corrected chi connectivity index (χ2v) is 15.0. The van der Waals surface area contributed by atoms with E-state index in [1.807, 2.05) is 18.2 Å². The van der Waals surface area contributed by atoms with Gasteiger partial charge in [0, 0.05) is 47.2 Å². The zero-order chi connectivity index (χ0) is 32.8. The van der Waals surface area contributed by atoms with Crippen LogP contribution in [0.2, 0.25) is 0 Å². The number of aliphatic carboxylic acids is 1. The number of hydrogen-bond donors (Lipinski definition) is 1. The first-order valence-electron chi connectivity index (χ1n) is 15.6. The Balaban J connectivity index is 1.01. The fourth-order valence-corrected chi connectivity index (χ4v) is 9.26. The lowest BCUT2D eigenvalue weighted by Crippen LogP contribution is -2.24. The van der Waals surface area contributed by atoms with Crippen LogP contribution in [0.3, 0.4) is 0 Å². The van der Waals surface area contributed by atoms with E-state index in [0.29, 0.717) is 5.69 Å². The number of thiophene rings is 3. The van der Waals surface area contributed by atoms with Gasteiger partial charge in [-0.2, -0.15) is 10.1 Å². The molecule has 0 radical (unpaired) electrons. The first-order chi connectivity index (χ1) is 23.4. The molecule has 3 aromatic carbocycles. The Labute approximate surface area is 290 Å². The average Bonchev–Trinajstić information content (AvgIpc) is 3.93. The predicted molar refractivity (Wildman–Crippen MR) is 200 cm³/mol. The molecule has 0 spiro atoms. The minimum Gasteiger partial charge on any atom is -0.476 e. The highest BCUT2D eigenvalue weighted by Crippen LogP contribution is 2.43. The number of para-hydroxylation sites is 1. The molecular weight excluding hydrogens is 655 g/mol. The average molecular weight is 684 g/mol. The molecule has 236 valence electrons. The predicted octanol–water partition coefficient (Wildman–Crippen LogP) is 10.1. The highest BCUT2D eigenvalue weighted by molar-refractivity contribution is 7.27. The van der Waals surface area contributed by atoms with Crippen molar-refractivity contribution in [2.45, 2.75) is 19.8 Å². The van der Waals surface area contributed by atoms with Crippen LogP contribution < -0.4 is 9.91 Å². The number of carbonyl (C=O) groups excluding carboxylic acids is 1. The first-order valence-corrected chi connectivity index (χ1v) is 18.1. The Bertz CT molecular complexity index is 2240. The van der Waals surface area contributed by atoms with Gasteiger partial charge in [0.15, 0.2) is 5.71 Å². The molecule has 1 N–H and O–H groups in total. The molecule has 8 rings (SSSR count). The van der Waals surface area contributed by atoms with Crippen LogP contribution in [0.25, 0.3) is 36.0 Å². The summed E-state index contributed by atoms with van der Waals surface area (Å²) in [6.45, 7) is 3.16. The molecule has 9 heteroatoms. The molecule has 0 atom stereocenters.